The molecule has 6 aromatic rings. The number of likely N-dealkylation sites (tertiary alicyclic amines) is 2. The molecule has 2 atom stereocenters. The van der Waals surface area contributed by atoms with Crippen LogP contribution in [-0.2, 0) is 28.7 Å². The molecule has 2 aromatic heterocycles. The predicted octanol–water partition coefficient (Wildman–Crippen LogP) is 11.0. The molecule has 15 heteroatoms. The highest BCUT2D eigenvalue weighted by atomic mass is 16.6. The lowest BCUT2D eigenvalue weighted by atomic mass is 9.88. The second-order valence-electron chi connectivity index (χ2n) is 26.2. The van der Waals surface area contributed by atoms with Crippen LogP contribution in [0.3, 0.4) is 0 Å². The Morgan fingerprint density at radius 1 is 0.543 bits per heavy atom. The summed E-state index contributed by atoms with van der Waals surface area (Å²) in [6.45, 7) is 22.0. The smallest absolute Gasteiger partial charge is 0.410 e. The number of rotatable bonds is 10. The highest BCUT2D eigenvalue weighted by Gasteiger charge is 2.54. The Labute approximate surface area is 479 Å². The average Bonchev–Trinajstić information content (AvgIpc) is 4.49. The monoisotopic (exact) mass is 1100 g/mol. The molecule has 0 unspecified atom stereocenters. The van der Waals surface area contributed by atoms with Crippen LogP contribution in [0.25, 0.3) is 21.5 Å². The van der Waals surface area contributed by atoms with Crippen molar-refractivity contribution in [3.63, 3.8) is 0 Å². The number of aromatic nitrogens is 4. The summed E-state index contributed by atoms with van der Waals surface area (Å²) in [5.41, 5.74) is 9.90. The van der Waals surface area contributed by atoms with Gasteiger partial charge in [-0.2, -0.15) is 19.9 Å². The molecule has 14 rings (SSSR count). The standard InChI is InChI=1S/C35H46N6O3.C31H39N5O/c1-24-9-6-10-25-11-7-13-28(29(24)25)41-21-27-30(35(23-41)14-15-35)31(37-32(36-27)43-22-26-12-8-16-38(26)5)39-17-19-40(20-18-39)33(42)44-34(2,3)4;1-22-9-6-10-23-11-7-13-26(27(22)23)36-19-25-28(31(21-36)14-15-31)29(35-17-4-3-5-18-35)33-30(32-25)37-20-24-12-8-16-34(24)2/h6-7,9-11,13,26H,8,12,14-23H2,1-5H3;6-7,9-11,13,24H,3-5,8,12,14-21H2,1-2H3/t26-;24-/m00/s1. The number of benzene rings is 4. The SMILES string of the molecule is Cc1cccc2cccc(N3Cc4nc(OC[C@@H]5CCCN5C)nc(N5CCCCC5)c4C4(CC4)C3)c12.Cc1cccc2cccc(N3Cc4nc(OC[C@@H]5CCCN5C)nc(N5CCN(C(=O)OC(C)(C)C)CC5)c4C4(CC4)C3)c12. The molecule has 428 valence electrons. The number of piperazine rings is 1. The largest absolute Gasteiger partial charge is 0.462 e. The van der Waals surface area contributed by atoms with Crippen LogP contribution in [0.1, 0.15) is 125 Å². The van der Waals surface area contributed by atoms with Gasteiger partial charge in [0.2, 0.25) is 0 Å². The molecule has 2 spiro atoms. The molecule has 0 radical (unpaired) electrons. The van der Waals surface area contributed by atoms with Crippen LogP contribution in [0.2, 0.25) is 0 Å². The number of piperidine rings is 1. The van der Waals surface area contributed by atoms with Crippen LogP contribution in [0.5, 0.6) is 12.0 Å². The van der Waals surface area contributed by atoms with E-state index in [9.17, 15) is 4.79 Å². The highest BCUT2D eigenvalue weighted by molar-refractivity contribution is 5.98. The maximum Gasteiger partial charge on any atom is 0.410 e. The number of likely N-dealkylation sites (N-methyl/N-ethyl adjacent to an activating group) is 2. The first kappa shape index (κ1) is 53.8. The Bertz CT molecular complexity index is 3290. The molecule has 81 heavy (non-hydrogen) atoms. The first-order valence-electron chi connectivity index (χ1n) is 30.6. The Kier molecular flexibility index (Phi) is 14.4. The first-order chi connectivity index (χ1) is 39.2. The molecule has 6 aliphatic heterocycles. The summed E-state index contributed by atoms with van der Waals surface area (Å²) in [6, 6.07) is 28.5. The summed E-state index contributed by atoms with van der Waals surface area (Å²) in [7, 11) is 4.38. The van der Waals surface area contributed by atoms with E-state index in [1.54, 1.807) is 0 Å². The molecule has 0 bridgehead atoms. The molecule has 1 amide bonds. The van der Waals surface area contributed by atoms with Crippen molar-refractivity contribution in [2.75, 3.05) is 112 Å². The summed E-state index contributed by atoms with van der Waals surface area (Å²) in [5.74, 6) is 2.17. The van der Waals surface area contributed by atoms with E-state index in [2.05, 4.69) is 130 Å². The molecular weight excluding hydrogens is 1010 g/mol. The maximum atomic E-state index is 12.8. The van der Waals surface area contributed by atoms with Gasteiger partial charge in [-0.1, -0.05) is 60.7 Å². The normalized spacial score (nSPS) is 22.2. The molecule has 15 nitrogen and oxygen atoms in total. The van der Waals surface area contributed by atoms with E-state index in [-0.39, 0.29) is 16.9 Å². The molecule has 4 aromatic carbocycles. The van der Waals surface area contributed by atoms with Gasteiger partial charge in [-0.3, -0.25) is 0 Å². The molecule has 8 heterocycles. The summed E-state index contributed by atoms with van der Waals surface area (Å²) in [6.07, 6.45) is 13.0. The zero-order valence-corrected chi connectivity index (χ0v) is 49.3. The maximum absolute atomic E-state index is 12.8. The third-order valence-electron chi connectivity index (χ3n) is 19.2. The van der Waals surface area contributed by atoms with E-state index in [4.69, 9.17) is 34.1 Å². The fourth-order valence-corrected chi connectivity index (χ4v) is 14.5. The quantitative estimate of drug-likeness (QED) is 0.129. The van der Waals surface area contributed by atoms with Gasteiger partial charge in [-0.15, -0.1) is 0 Å². The van der Waals surface area contributed by atoms with Crippen LogP contribution < -0.4 is 29.1 Å². The number of amides is 1. The number of carbonyl (C=O) groups is 1. The number of fused-ring (bicyclic) bond motifs is 6. The number of nitrogens with zero attached hydrogens (tertiary/aromatic N) is 11. The minimum atomic E-state index is -0.508. The number of anilines is 4. The Balaban J connectivity index is 0.000000155. The average molecular weight is 1100 g/mol. The minimum absolute atomic E-state index is 0.0280. The van der Waals surface area contributed by atoms with E-state index in [0.717, 1.165) is 83.1 Å². The molecular formula is C66H85N11O4. The molecule has 4 saturated heterocycles. The number of carbonyl (C=O) groups excluding carboxylic acids is 1. The van der Waals surface area contributed by atoms with Crippen molar-refractivity contribution >= 4 is 50.6 Å². The fourth-order valence-electron chi connectivity index (χ4n) is 14.5. The zero-order valence-electron chi connectivity index (χ0n) is 49.3. The van der Waals surface area contributed by atoms with Crippen LogP contribution in [0, 0.1) is 13.8 Å². The van der Waals surface area contributed by atoms with Crippen LogP contribution in [0.4, 0.5) is 27.8 Å². The third kappa shape index (κ3) is 10.8. The number of hydrogen-bond acceptors (Lipinski definition) is 14. The summed E-state index contributed by atoms with van der Waals surface area (Å²) < 4.78 is 18.4. The van der Waals surface area contributed by atoms with E-state index in [1.807, 2.05) is 25.7 Å². The van der Waals surface area contributed by atoms with Crippen molar-refractivity contribution in [1.82, 2.24) is 34.6 Å². The van der Waals surface area contributed by atoms with Crippen LogP contribution in [-0.4, -0.2) is 151 Å². The Morgan fingerprint density at radius 3 is 1.41 bits per heavy atom. The van der Waals surface area contributed by atoms with Crippen molar-refractivity contribution in [1.29, 1.82) is 0 Å². The van der Waals surface area contributed by atoms with E-state index in [0.29, 0.717) is 63.5 Å². The lowest BCUT2D eigenvalue weighted by Gasteiger charge is -2.41. The molecule has 2 saturated carbocycles. The van der Waals surface area contributed by atoms with Crippen LogP contribution >= 0.6 is 0 Å². The number of hydrogen-bond donors (Lipinski definition) is 0. The Hall–Kier alpha value is -6.45. The number of aryl methyl sites for hydroxylation is 2. The lowest BCUT2D eigenvalue weighted by molar-refractivity contribution is 0.0240. The van der Waals surface area contributed by atoms with E-state index >= 15 is 0 Å². The summed E-state index contributed by atoms with van der Waals surface area (Å²) >= 11 is 0. The second-order valence-corrected chi connectivity index (χ2v) is 26.2. The van der Waals surface area contributed by atoms with Crippen molar-refractivity contribution < 1.29 is 19.0 Å². The predicted molar refractivity (Wildman–Crippen MR) is 324 cm³/mol. The molecule has 2 aliphatic carbocycles. The number of ether oxygens (including phenoxy) is 3. The summed E-state index contributed by atoms with van der Waals surface area (Å²) in [5, 5.41) is 5.28. The van der Waals surface area contributed by atoms with Crippen molar-refractivity contribution in [2.45, 2.75) is 147 Å². The second kappa shape index (κ2) is 21.7. The van der Waals surface area contributed by atoms with Gasteiger partial charge >= 0.3 is 18.1 Å². The lowest BCUT2D eigenvalue weighted by Crippen LogP contribution is -2.51. The minimum Gasteiger partial charge on any atom is -0.462 e. The van der Waals surface area contributed by atoms with Gasteiger partial charge in [0.05, 0.1) is 24.5 Å². The summed E-state index contributed by atoms with van der Waals surface area (Å²) in [4.78, 5) is 50.0. The van der Waals surface area contributed by atoms with Crippen molar-refractivity contribution in [3.8, 4) is 12.0 Å². The third-order valence-corrected chi connectivity index (χ3v) is 19.2. The van der Waals surface area contributed by atoms with Crippen LogP contribution in [0.15, 0.2) is 72.8 Å². The molecule has 6 fully saturated rings. The highest BCUT2D eigenvalue weighted by Crippen LogP contribution is 2.58. The van der Waals surface area contributed by atoms with Gasteiger partial charge in [-0.05, 0) is 166 Å². The zero-order chi connectivity index (χ0) is 55.6. The van der Waals surface area contributed by atoms with Gasteiger partial charge in [0, 0.05) is 109 Å². The van der Waals surface area contributed by atoms with Gasteiger partial charge in [0.15, 0.2) is 0 Å². The van der Waals surface area contributed by atoms with Gasteiger partial charge in [-0.25, -0.2) is 4.79 Å². The van der Waals surface area contributed by atoms with Gasteiger partial charge in [0.1, 0.15) is 30.5 Å². The van der Waals surface area contributed by atoms with Crippen molar-refractivity contribution in [2.24, 2.45) is 0 Å². The fraction of sp³-hybridized carbons (Fsp3) is 0.561. The van der Waals surface area contributed by atoms with Gasteiger partial charge in [0.25, 0.3) is 0 Å². The van der Waals surface area contributed by atoms with Crippen molar-refractivity contribution in [3.05, 3.63) is 106 Å². The molecule has 0 N–H and O–H groups in total. The van der Waals surface area contributed by atoms with E-state index in [1.165, 1.54) is 118 Å². The Morgan fingerprint density at radius 2 is 0.988 bits per heavy atom. The topological polar surface area (TPSA) is 119 Å². The van der Waals surface area contributed by atoms with E-state index < -0.39 is 5.60 Å². The van der Waals surface area contributed by atoms with Gasteiger partial charge < -0.3 is 48.5 Å². The first-order valence-corrected chi connectivity index (χ1v) is 30.6. The molecule has 8 aliphatic rings.